The van der Waals surface area contributed by atoms with Crippen molar-refractivity contribution in [2.45, 2.75) is 26.8 Å². The smallest absolute Gasteiger partial charge is 0.379 e. The van der Waals surface area contributed by atoms with Crippen molar-refractivity contribution in [3.63, 3.8) is 0 Å². The van der Waals surface area contributed by atoms with Gasteiger partial charge in [0.2, 0.25) is 10.8 Å². The molecule has 0 spiro atoms. The standard InChI is InChI=1S/C16H19ClN6O3.CHF3/c1-3-26-7-6-23-14-13(11(9-24)21-23)19-16(17)20-15(14)18-10-4-5-12(25)22(2)8-10;2-1(3)4/h4-5,8,24H,3,6-7,9H2,1-2H3,(H,18,19,20);1H. The number of aromatic nitrogens is 5. The molecule has 0 aromatic carbocycles. The number of fused-ring (bicyclic) bond motifs is 1. The van der Waals surface area contributed by atoms with Gasteiger partial charge in [-0.1, -0.05) is 0 Å². The van der Waals surface area contributed by atoms with Gasteiger partial charge in [0.05, 0.1) is 25.4 Å². The molecule has 0 saturated heterocycles. The number of aliphatic hydroxyl groups excluding tert-OH is 1. The number of pyridine rings is 1. The van der Waals surface area contributed by atoms with Crippen LogP contribution in [0.1, 0.15) is 12.6 Å². The van der Waals surface area contributed by atoms with Crippen molar-refractivity contribution >= 4 is 34.1 Å². The summed E-state index contributed by atoms with van der Waals surface area (Å²) < 4.78 is 37.5. The summed E-state index contributed by atoms with van der Waals surface area (Å²) in [6.45, 7) is -0.504. The highest BCUT2D eigenvalue weighted by atomic mass is 35.5. The molecular weight excluding hydrogens is 429 g/mol. The first-order valence-corrected chi connectivity index (χ1v) is 9.12. The number of hydrogen-bond acceptors (Lipinski definition) is 7. The van der Waals surface area contributed by atoms with Crippen molar-refractivity contribution in [3.05, 3.63) is 39.7 Å². The second kappa shape index (κ2) is 10.9. The zero-order chi connectivity index (χ0) is 22.3. The Balaban J connectivity index is 0.000000735. The summed E-state index contributed by atoms with van der Waals surface area (Å²) in [6.07, 6.45) is 1.65. The molecule has 3 heterocycles. The molecule has 0 aliphatic rings. The number of nitrogens with zero attached hydrogens (tertiary/aromatic N) is 5. The average Bonchev–Trinajstić information content (AvgIpc) is 3.02. The van der Waals surface area contributed by atoms with E-state index in [2.05, 4.69) is 20.4 Å². The van der Waals surface area contributed by atoms with E-state index in [0.717, 1.165) is 0 Å². The fourth-order valence-corrected chi connectivity index (χ4v) is 2.74. The highest BCUT2D eigenvalue weighted by molar-refractivity contribution is 6.28. The SMILES string of the molecule is CCOCCn1nc(CO)c2nc(Cl)nc(Nc3ccc(=O)n(C)c3)c21.FC(F)F. The van der Waals surface area contributed by atoms with Gasteiger partial charge in [0.15, 0.2) is 5.82 Å². The van der Waals surface area contributed by atoms with Crippen molar-refractivity contribution in [1.29, 1.82) is 0 Å². The first-order chi connectivity index (χ1) is 14.3. The molecule has 9 nitrogen and oxygen atoms in total. The Morgan fingerprint density at radius 2 is 2.00 bits per heavy atom. The zero-order valence-corrected chi connectivity index (χ0v) is 16.9. The molecule has 3 rings (SSSR count). The molecule has 0 atom stereocenters. The van der Waals surface area contributed by atoms with Crippen LogP contribution >= 0.6 is 11.6 Å². The molecule has 0 radical (unpaired) electrons. The van der Waals surface area contributed by atoms with E-state index in [1.54, 1.807) is 24.0 Å². The quantitative estimate of drug-likeness (QED) is 0.422. The highest BCUT2D eigenvalue weighted by Crippen LogP contribution is 2.27. The van der Waals surface area contributed by atoms with Gasteiger partial charge < -0.3 is 19.7 Å². The molecule has 13 heteroatoms. The molecule has 164 valence electrons. The number of nitrogens with one attached hydrogen (secondary N) is 1. The topological polar surface area (TPSA) is 107 Å². The molecule has 0 aliphatic carbocycles. The Morgan fingerprint density at radius 1 is 1.30 bits per heavy atom. The summed E-state index contributed by atoms with van der Waals surface area (Å²) in [7, 11) is 1.66. The maximum atomic E-state index is 11.6. The molecule has 0 saturated carbocycles. The molecule has 2 N–H and O–H groups in total. The molecule has 0 bridgehead atoms. The van der Waals surface area contributed by atoms with Gasteiger partial charge in [0.1, 0.15) is 16.7 Å². The molecule has 3 aromatic rings. The predicted molar refractivity (Wildman–Crippen MR) is 105 cm³/mol. The summed E-state index contributed by atoms with van der Waals surface area (Å²) in [5, 5.41) is 17.2. The van der Waals surface area contributed by atoms with E-state index in [0.29, 0.717) is 48.0 Å². The minimum absolute atomic E-state index is 0.0314. The number of ether oxygens (including phenoxy) is 1. The van der Waals surface area contributed by atoms with Crippen LogP contribution in [0.5, 0.6) is 0 Å². The fraction of sp³-hybridized carbons (Fsp3) is 0.412. The monoisotopic (exact) mass is 448 g/mol. The Labute approximate surface area is 174 Å². The lowest BCUT2D eigenvalue weighted by atomic mass is 10.3. The summed E-state index contributed by atoms with van der Waals surface area (Å²) in [4.78, 5) is 20.0. The lowest BCUT2D eigenvalue weighted by Gasteiger charge is -2.10. The summed E-state index contributed by atoms with van der Waals surface area (Å²) in [6, 6.07) is 3.10. The summed E-state index contributed by atoms with van der Waals surface area (Å²) >= 11 is 6.05. The van der Waals surface area contributed by atoms with Gasteiger partial charge >= 0.3 is 6.68 Å². The Kier molecular flexibility index (Phi) is 8.57. The van der Waals surface area contributed by atoms with E-state index in [-0.39, 0.29) is 17.4 Å². The van der Waals surface area contributed by atoms with E-state index in [1.165, 1.54) is 10.6 Å². The molecule has 0 amide bonds. The molecule has 0 fully saturated rings. The van der Waals surface area contributed by atoms with Crippen molar-refractivity contribution in [3.8, 4) is 0 Å². The number of halogens is 4. The number of alkyl halides is 3. The first-order valence-electron chi connectivity index (χ1n) is 8.74. The van der Waals surface area contributed by atoms with E-state index in [1.807, 2.05) is 6.92 Å². The van der Waals surface area contributed by atoms with Crippen LogP contribution in [0.3, 0.4) is 0 Å². The van der Waals surface area contributed by atoms with Gasteiger partial charge in [-0.25, -0.2) is 4.98 Å². The van der Waals surface area contributed by atoms with Gasteiger partial charge in [0, 0.05) is 25.9 Å². The van der Waals surface area contributed by atoms with Gasteiger partial charge in [-0.15, -0.1) is 0 Å². The molecule has 0 aliphatic heterocycles. The first kappa shape index (κ1) is 23.6. The molecule has 3 aromatic heterocycles. The van der Waals surface area contributed by atoms with E-state index in [9.17, 15) is 23.1 Å². The lowest BCUT2D eigenvalue weighted by molar-refractivity contribution is 0.00819. The van der Waals surface area contributed by atoms with Crippen LogP contribution in [0, 0.1) is 0 Å². The van der Waals surface area contributed by atoms with Crippen molar-refractivity contribution < 1.29 is 23.0 Å². The Bertz CT molecular complexity index is 1040. The van der Waals surface area contributed by atoms with Crippen LogP contribution < -0.4 is 10.9 Å². The molecule has 0 unspecified atom stereocenters. The van der Waals surface area contributed by atoms with E-state index < -0.39 is 6.68 Å². The second-order valence-electron chi connectivity index (χ2n) is 5.80. The van der Waals surface area contributed by atoms with Crippen molar-refractivity contribution in [1.82, 2.24) is 24.3 Å². The number of aliphatic hydroxyl groups is 1. The van der Waals surface area contributed by atoms with Crippen LogP contribution in [-0.4, -0.2) is 49.3 Å². The van der Waals surface area contributed by atoms with Gasteiger partial charge in [-0.3, -0.25) is 9.48 Å². The third-order valence-corrected chi connectivity index (χ3v) is 3.95. The predicted octanol–water partition coefficient (Wildman–Crippen LogP) is 2.63. The van der Waals surface area contributed by atoms with Crippen molar-refractivity contribution in [2.24, 2.45) is 7.05 Å². The van der Waals surface area contributed by atoms with Crippen LogP contribution in [0.25, 0.3) is 11.0 Å². The minimum atomic E-state index is -3.67. The number of anilines is 2. The lowest BCUT2D eigenvalue weighted by Crippen LogP contribution is -2.15. The van der Waals surface area contributed by atoms with Gasteiger partial charge in [-0.05, 0) is 24.6 Å². The van der Waals surface area contributed by atoms with Gasteiger partial charge in [0.25, 0.3) is 0 Å². The number of rotatable bonds is 7. The van der Waals surface area contributed by atoms with Crippen LogP contribution in [0.4, 0.5) is 24.7 Å². The fourth-order valence-electron chi connectivity index (χ4n) is 2.57. The number of hydrogen-bond donors (Lipinski definition) is 2. The summed E-state index contributed by atoms with van der Waals surface area (Å²) in [5.41, 5.74) is 2.02. The van der Waals surface area contributed by atoms with Crippen LogP contribution in [0.15, 0.2) is 23.1 Å². The Morgan fingerprint density at radius 3 is 2.60 bits per heavy atom. The third-order valence-electron chi connectivity index (χ3n) is 3.78. The van der Waals surface area contributed by atoms with Crippen LogP contribution in [-0.2, 0) is 24.9 Å². The van der Waals surface area contributed by atoms with E-state index in [4.69, 9.17) is 16.3 Å². The zero-order valence-electron chi connectivity index (χ0n) is 16.1. The maximum Gasteiger partial charge on any atom is 0.379 e. The molecular formula is C17H20ClF3N6O3. The minimum Gasteiger partial charge on any atom is -0.390 e. The van der Waals surface area contributed by atoms with Crippen molar-refractivity contribution in [2.75, 3.05) is 18.5 Å². The third kappa shape index (κ3) is 6.15. The maximum absolute atomic E-state index is 11.6. The second-order valence-corrected chi connectivity index (χ2v) is 6.14. The van der Waals surface area contributed by atoms with E-state index >= 15 is 0 Å². The average molecular weight is 449 g/mol. The largest absolute Gasteiger partial charge is 0.390 e. The normalized spacial score (nSPS) is 10.9. The summed E-state index contributed by atoms with van der Waals surface area (Å²) in [5.74, 6) is 0.433. The highest BCUT2D eigenvalue weighted by Gasteiger charge is 2.18. The van der Waals surface area contributed by atoms with Crippen LogP contribution in [0.2, 0.25) is 5.28 Å². The Hall–Kier alpha value is -2.70. The molecule has 30 heavy (non-hydrogen) atoms. The number of aryl methyl sites for hydroxylation is 1. The van der Waals surface area contributed by atoms with Gasteiger partial charge in [-0.2, -0.15) is 23.3 Å².